The summed E-state index contributed by atoms with van der Waals surface area (Å²) in [6, 6.07) is 0. The Morgan fingerprint density at radius 1 is 0.750 bits per heavy atom. The smallest absolute Gasteiger partial charge is 0.303 e. The summed E-state index contributed by atoms with van der Waals surface area (Å²) in [4.78, 5) is 23.6. The molecule has 0 spiro atoms. The van der Waals surface area contributed by atoms with E-state index in [-0.39, 0.29) is 38.6 Å². The third kappa shape index (κ3) is 10.8. The van der Waals surface area contributed by atoms with Crippen LogP contribution in [0.5, 0.6) is 0 Å². The second kappa shape index (κ2) is 12.9. The summed E-state index contributed by atoms with van der Waals surface area (Å²) in [5, 5.41) is 26.1. The van der Waals surface area contributed by atoms with Crippen LogP contribution in [-0.2, 0) is 9.59 Å². The van der Waals surface area contributed by atoms with Crippen LogP contribution in [0.25, 0.3) is 0 Å². The first-order valence-electron chi connectivity index (χ1n) is 7.33. The number of nitrogens with zero attached hydrogens (tertiary/aromatic N) is 1. The zero-order valence-corrected chi connectivity index (χ0v) is 12.1. The van der Waals surface area contributed by atoms with Crippen LogP contribution in [0.4, 0.5) is 0 Å². The lowest BCUT2D eigenvalue weighted by molar-refractivity contribution is -0.137. The molecule has 0 aliphatic heterocycles. The number of hydrogen-bond acceptors (Lipinski definition) is 4. The van der Waals surface area contributed by atoms with Crippen molar-refractivity contribution in [2.45, 2.75) is 51.4 Å². The highest BCUT2D eigenvalue weighted by Crippen LogP contribution is 2.09. The molecule has 0 saturated carbocycles. The van der Waals surface area contributed by atoms with Crippen molar-refractivity contribution < 1.29 is 24.9 Å². The second-order valence-corrected chi connectivity index (χ2v) is 4.84. The maximum Gasteiger partial charge on any atom is 0.303 e. The topological polar surface area (TPSA) is 98.1 Å². The van der Waals surface area contributed by atoms with Crippen LogP contribution in [0.2, 0.25) is 0 Å². The van der Waals surface area contributed by atoms with Gasteiger partial charge in [0.2, 0.25) is 5.91 Å². The largest absolute Gasteiger partial charge is 0.481 e. The Bertz CT molecular complexity index is 264. The second-order valence-electron chi connectivity index (χ2n) is 4.84. The third-order valence-corrected chi connectivity index (χ3v) is 3.12. The molecule has 20 heavy (non-hydrogen) atoms. The van der Waals surface area contributed by atoms with Crippen molar-refractivity contribution in [3.05, 3.63) is 0 Å². The zero-order valence-electron chi connectivity index (χ0n) is 12.1. The molecule has 0 aliphatic carbocycles. The van der Waals surface area contributed by atoms with Crippen molar-refractivity contribution in [3.8, 4) is 0 Å². The Balaban J connectivity index is 3.52. The Hall–Kier alpha value is -1.14. The lowest BCUT2D eigenvalue weighted by Crippen LogP contribution is -2.35. The minimum Gasteiger partial charge on any atom is -0.481 e. The summed E-state index contributed by atoms with van der Waals surface area (Å²) in [5.41, 5.74) is 0. The van der Waals surface area contributed by atoms with E-state index in [4.69, 9.17) is 15.3 Å². The SMILES string of the molecule is O=C(O)CCCCCCCCC(=O)N(CCO)CCO. The van der Waals surface area contributed by atoms with Gasteiger partial charge in [-0.2, -0.15) is 0 Å². The van der Waals surface area contributed by atoms with Crippen molar-refractivity contribution in [2.75, 3.05) is 26.3 Å². The molecule has 0 bridgehead atoms. The van der Waals surface area contributed by atoms with Crippen molar-refractivity contribution in [2.24, 2.45) is 0 Å². The van der Waals surface area contributed by atoms with Gasteiger partial charge in [0.1, 0.15) is 0 Å². The van der Waals surface area contributed by atoms with Gasteiger partial charge in [0.15, 0.2) is 0 Å². The van der Waals surface area contributed by atoms with E-state index >= 15 is 0 Å². The van der Waals surface area contributed by atoms with Crippen LogP contribution in [-0.4, -0.2) is 58.4 Å². The molecular formula is C14H27NO5. The zero-order chi connectivity index (χ0) is 15.2. The van der Waals surface area contributed by atoms with Crippen LogP contribution < -0.4 is 0 Å². The first kappa shape index (κ1) is 18.9. The molecule has 0 unspecified atom stereocenters. The van der Waals surface area contributed by atoms with Crippen LogP contribution in [0.15, 0.2) is 0 Å². The number of aliphatic hydroxyl groups excluding tert-OH is 2. The summed E-state index contributed by atoms with van der Waals surface area (Å²) >= 11 is 0. The fourth-order valence-corrected chi connectivity index (χ4v) is 2.02. The maximum absolute atomic E-state index is 11.8. The molecule has 0 heterocycles. The molecule has 0 radical (unpaired) electrons. The fraction of sp³-hybridized carbons (Fsp3) is 0.857. The van der Waals surface area contributed by atoms with Gasteiger partial charge in [0, 0.05) is 25.9 Å². The predicted molar refractivity (Wildman–Crippen MR) is 75.3 cm³/mol. The molecule has 0 fully saturated rings. The average Bonchev–Trinajstić information content (AvgIpc) is 2.41. The number of aliphatic carboxylic acids is 1. The lowest BCUT2D eigenvalue weighted by atomic mass is 10.1. The van der Waals surface area contributed by atoms with E-state index in [0.29, 0.717) is 6.42 Å². The quantitative estimate of drug-likeness (QED) is 0.439. The first-order valence-corrected chi connectivity index (χ1v) is 7.33. The van der Waals surface area contributed by atoms with E-state index in [9.17, 15) is 9.59 Å². The third-order valence-electron chi connectivity index (χ3n) is 3.12. The van der Waals surface area contributed by atoms with Gasteiger partial charge in [0.05, 0.1) is 13.2 Å². The molecule has 0 rings (SSSR count). The van der Waals surface area contributed by atoms with Crippen LogP contribution >= 0.6 is 0 Å². The Labute approximate surface area is 120 Å². The molecule has 0 aromatic rings. The van der Waals surface area contributed by atoms with Gasteiger partial charge in [-0.15, -0.1) is 0 Å². The summed E-state index contributed by atoms with van der Waals surface area (Å²) in [7, 11) is 0. The van der Waals surface area contributed by atoms with Crippen LogP contribution in [0, 0.1) is 0 Å². The Morgan fingerprint density at radius 3 is 1.65 bits per heavy atom. The summed E-state index contributed by atoms with van der Waals surface area (Å²) in [6.07, 6.45) is 6.06. The highest BCUT2D eigenvalue weighted by atomic mass is 16.4. The monoisotopic (exact) mass is 289 g/mol. The van der Waals surface area contributed by atoms with Gasteiger partial charge in [0.25, 0.3) is 0 Å². The number of unbranched alkanes of at least 4 members (excludes halogenated alkanes) is 5. The number of carboxylic acid groups (broad SMARTS) is 1. The van der Waals surface area contributed by atoms with E-state index in [1.165, 1.54) is 4.90 Å². The minimum absolute atomic E-state index is 0.0287. The molecular weight excluding hydrogens is 262 g/mol. The van der Waals surface area contributed by atoms with Crippen LogP contribution in [0.1, 0.15) is 51.4 Å². The number of carboxylic acids is 1. The van der Waals surface area contributed by atoms with Gasteiger partial charge in [-0.3, -0.25) is 9.59 Å². The van der Waals surface area contributed by atoms with E-state index < -0.39 is 5.97 Å². The molecule has 0 aliphatic rings. The Morgan fingerprint density at radius 2 is 1.20 bits per heavy atom. The van der Waals surface area contributed by atoms with Crippen molar-refractivity contribution in [3.63, 3.8) is 0 Å². The molecule has 6 heteroatoms. The van der Waals surface area contributed by atoms with Crippen molar-refractivity contribution >= 4 is 11.9 Å². The van der Waals surface area contributed by atoms with E-state index in [2.05, 4.69) is 0 Å². The number of amides is 1. The lowest BCUT2D eigenvalue weighted by Gasteiger charge is -2.20. The van der Waals surface area contributed by atoms with E-state index in [0.717, 1.165) is 38.5 Å². The molecule has 0 aromatic heterocycles. The Kier molecular flexibility index (Phi) is 12.1. The molecule has 6 nitrogen and oxygen atoms in total. The maximum atomic E-state index is 11.8. The molecule has 118 valence electrons. The van der Waals surface area contributed by atoms with Gasteiger partial charge in [-0.1, -0.05) is 25.7 Å². The minimum atomic E-state index is -0.747. The van der Waals surface area contributed by atoms with Crippen molar-refractivity contribution in [1.29, 1.82) is 0 Å². The molecule has 3 N–H and O–H groups in total. The fourth-order valence-electron chi connectivity index (χ4n) is 2.02. The van der Waals surface area contributed by atoms with E-state index in [1.54, 1.807) is 0 Å². The van der Waals surface area contributed by atoms with Gasteiger partial charge in [-0.25, -0.2) is 0 Å². The normalized spacial score (nSPS) is 10.5. The highest BCUT2D eigenvalue weighted by Gasteiger charge is 2.11. The molecule has 0 aromatic carbocycles. The number of aliphatic hydroxyl groups is 2. The first-order chi connectivity index (χ1) is 9.61. The highest BCUT2D eigenvalue weighted by molar-refractivity contribution is 5.76. The summed E-state index contributed by atoms with van der Waals surface area (Å²) < 4.78 is 0. The standard InChI is InChI=1S/C14H27NO5/c16-11-9-15(10-12-17)13(18)7-5-3-1-2-4-6-8-14(19)20/h16-17H,1-12H2,(H,19,20). The predicted octanol–water partition coefficient (Wildman–Crippen LogP) is 1.00. The number of hydrogen-bond donors (Lipinski definition) is 3. The van der Waals surface area contributed by atoms with Crippen molar-refractivity contribution in [1.82, 2.24) is 4.90 Å². The van der Waals surface area contributed by atoms with Gasteiger partial charge in [-0.05, 0) is 12.8 Å². The molecule has 1 amide bonds. The number of carbonyl (C=O) groups excluding carboxylic acids is 1. The van der Waals surface area contributed by atoms with Gasteiger partial charge >= 0.3 is 5.97 Å². The van der Waals surface area contributed by atoms with E-state index in [1.807, 2.05) is 0 Å². The summed E-state index contributed by atoms with van der Waals surface area (Å²) in [6.45, 7) is 0.369. The van der Waals surface area contributed by atoms with Gasteiger partial charge < -0.3 is 20.2 Å². The average molecular weight is 289 g/mol. The molecule has 0 saturated heterocycles. The molecule has 0 atom stereocenters. The summed E-state index contributed by atoms with van der Waals surface area (Å²) in [5.74, 6) is -0.776. The van der Waals surface area contributed by atoms with Crippen LogP contribution in [0.3, 0.4) is 0 Å². The number of carbonyl (C=O) groups is 2. The number of rotatable bonds is 13.